The third kappa shape index (κ3) is 3.26. The molecule has 116 valence electrons. The summed E-state index contributed by atoms with van der Waals surface area (Å²) in [4.78, 5) is 2.74. The van der Waals surface area contributed by atoms with E-state index < -0.39 is 10.0 Å². The summed E-state index contributed by atoms with van der Waals surface area (Å²) in [5, 5.41) is 0. The number of likely N-dealkylation sites (N-methyl/N-ethyl adjacent to an activating group) is 1. The molecule has 0 aliphatic carbocycles. The van der Waals surface area contributed by atoms with Crippen LogP contribution < -0.4 is 5.73 Å². The van der Waals surface area contributed by atoms with Crippen LogP contribution in [0.25, 0.3) is 0 Å². The first kappa shape index (κ1) is 16.4. The van der Waals surface area contributed by atoms with Crippen molar-refractivity contribution in [3.8, 4) is 0 Å². The Labute approximate surface area is 131 Å². The summed E-state index contributed by atoms with van der Waals surface area (Å²) in [6.45, 7) is 5.70. The highest BCUT2D eigenvalue weighted by molar-refractivity contribution is 7.89. The molecule has 2 N–H and O–H groups in total. The largest absolute Gasteiger partial charge is 0.389 e. The van der Waals surface area contributed by atoms with Crippen molar-refractivity contribution < 1.29 is 8.42 Å². The Kier molecular flexibility index (Phi) is 4.67. The molecule has 1 aliphatic heterocycles. The first-order valence-corrected chi connectivity index (χ1v) is 8.69. The molecule has 1 aliphatic rings. The lowest BCUT2D eigenvalue weighted by atomic mass is 10.1. The predicted octanol–water partition coefficient (Wildman–Crippen LogP) is 0.954. The molecule has 0 bridgehead atoms. The zero-order valence-corrected chi connectivity index (χ0v) is 14.2. The number of aryl methyl sites for hydroxylation is 1. The zero-order valence-electron chi connectivity index (χ0n) is 12.5. The average molecular weight is 327 g/mol. The van der Waals surface area contributed by atoms with E-state index in [0.29, 0.717) is 22.6 Å². The minimum absolute atomic E-state index is 0.0385. The molecule has 0 aromatic heterocycles. The molecule has 0 radical (unpaired) electrons. The van der Waals surface area contributed by atoms with Gasteiger partial charge >= 0.3 is 0 Å². The minimum Gasteiger partial charge on any atom is -0.389 e. The third-order valence-electron chi connectivity index (χ3n) is 3.82. The van der Waals surface area contributed by atoms with Gasteiger partial charge in [0.05, 0.1) is 4.90 Å². The summed E-state index contributed by atoms with van der Waals surface area (Å²) in [6, 6.07) is 4.96. The Bertz CT molecular complexity index is 658. The lowest BCUT2D eigenvalue weighted by Gasteiger charge is -2.37. The molecule has 0 saturated carbocycles. The van der Waals surface area contributed by atoms with Crippen LogP contribution in [0.4, 0.5) is 0 Å². The van der Waals surface area contributed by atoms with Gasteiger partial charge in [-0.15, -0.1) is 0 Å². The van der Waals surface area contributed by atoms with Crippen LogP contribution in [0.1, 0.15) is 18.1 Å². The molecular weight excluding hydrogens is 306 g/mol. The second-order valence-corrected chi connectivity index (χ2v) is 7.87. The molecule has 1 aromatic carbocycles. The fourth-order valence-electron chi connectivity index (χ4n) is 2.70. The SMILES string of the molecule is Cc1cc(C(N)=S)ccc1S(=O)(=O)N1CCN(C)CC1C. The van der Waals surface area contributed by atoms with E-state index in [0.717, 1.165) is 13.1 Å². The summed E-state index contributed by atoms with van der Waals surface area (Å²) in [5.41, 5.74) is 6.95. The van der Waals surface area contributed by atoms with Crippen molar-refractivity contribution in [1.29, 1.82) is 0 Å². The predicted molar refractivity (Wildman–Crippen MR) is 87.9 cm³/mol. The van der Waals surface area contributed by atoms with Crippen LogP contribution in [-0.2, 0) is 10.0 Å². The maximum atomic E-state index is 12.8. The van der Waals surface area contributed by atoms with Crippen molar-refractivity contribution in [2.45, 2.75) is 24.8 Å². The molecule has 0 spiro atoms. The number of piperazine rings is 1. The second-order valence-electron chi connectivity index (χ2n) is 5.57. The summed E-state index contributed by atoms with van der Waals surface area (Å²) in [6.07, 6.45) is 0. The molecule has 7 heteroatoms. The number of hydrogen-bond acceptors (Lipinski definition) is 4. The fourth-order valence-corrected chi connectivity index (χ4v) is 4.65. The highest BCUT2D eigenvalue weighted by Gasteiger charge is 2.33. The van der Waals surface area contributed by atoms with Crippen molar-refractivity contribution >= 4 is 27.2 Å². The maximum absolute atomic E-state index is 12.8. The monoisotopic (exact) mass is 327 g/mol. The number of benzene rings is 1. The van der Waals surface area contributed by atoms with Crippen molar-refractivity contribution in [1.82, 2.24) is 9.21 Å². The van der Waals surface area contributed by atoms with Crippen LogP contribution in [0, 0.1) is 6.92 Å². The number of thiocarbonyl (C=S) groups is 1. The van der Waals surface area contributed by atoms with Gasteiger partial charge in [0.25, 0.3) is 0 Å². The summed E-state index contributed by atoms with van der Waals surface area (Å²) in [5.74, 6) is 0. The topological polar surface area (TPSA) is 66.6 Å². The molecule has 1 unspecified atom stereocenters. The van der Waals surface area contributed by atoms with Gasteiger partial charge in [-0.3, -0.25) is 0 Å². The Hall–Kier alpha value is -1.02. The quantitative estimate of drug-likeness (QED) is 0.838. The van der Waals surface area contributed by atoms with Crippen LogP contribution in [0.5, 0.6) is 0 Å². The Morgan fingerprint density at radius 3 is 2.57 bits per heavy atom. The summed E-state index contributed by atoms with van der Waals surface area (Å²) < 4.78 is 27.3. The number of sulfonamides is 1. The molecular formula is C14H21N3O2S2. The molecule has 1 fully saturated rings. The van der Waals surface area contributed by atoms with E-state index in [9.17, 15) is 8.42 Å². The lowest BCUT2D eigenvalue weighted by molar-refractivity contribution is 0.170. The van der Waals surface area contributed by atoms with Gasteiger partial charge in [-0.2, -0.15) is 4.31 Å². The van der Waals surface area contributed by atoms with Crippen molar-refractivity contribution in [2.75, 3.05) is 26.7 Å². The van der Waals surface area contributed by atoms with Crippen LogP contribution >= 0.6 is 12.2 Å². The Balaban J connectivity index is 2.38. The molecule has 1 heterocycles. The number of rotatable bonds is 3. The minimum atomic E-state index is -3.49. The number of nitrogens with two attached hydrogens (primary N) is 1. The fraction of sp³-hybridized carbons (Fsp3) is 0.500. The van der Waals surface area contributed by atoms with Crippen molar-refractivity contribution in [3.63, 3.8) is 0 Å². The molecule has 5 nitrogen and oxygen atoms in total. The smallest absolute Gasteiger partial charge is 0.243 e. The van der Waals surface area contributed by atoms with Gasteiger partial charge in [0.2, 0.25) is 10.0 Å². The Morgan fingerprint density at radius 2 is 2.05 bits per heavy atom. The van der Waals surface area contributed by atoms with Gasteiger partial charge < -0.3 is 10.6 Å². The highest BCUT2D eigenvalue weighted by atomic mass is 32.2. The first-order valence-electron chi connectivity index (χ1n) is 6.84. The van der Waals surface area contributed by atoms with Crippen LogP contribution in [0.3, 0.4) is 0 Å². The van der Waals surface area contributed by atoms with Gasteiger partial charge in [0, 0.05) is 31.2 Å². The van der Waals surface area contributed by atoms with Crippen LogP contribution in [0.15, 0.2) is 23.1 Å². The van der Waals surface area contributed by atoms with Gasteiger partial charge in [0.15, 0.2) is 0 Å². The molecule has 0 amide bonds. The molecule has 1 saturated heterocycles. The first-order chi connectivity index (χ1) is 9.73. The van der Waals surface area contributed by atoms with E-state index in [4.69, 9.17) is 18.0 Å². The van der Waals surface area contributed by atoms with Crippen LogP contribution in [-0.4, -0.2) is 55.3 Å². The summed E-state index contributed by atoms with van der Waals surface area (Å²) >= 11 is 4.93. The molecule has 1 atom stereocenters. The maximum Gasteiger partial charge on any atom is 0.243 e. The van der Waals surface area contributed by atoms with Gasteiger partial charge in [0.1, 0.15) is 4.99 Å². The van der Waals surface area contributed by atoms with Gasteiger partial charge in [-0.25, -0.2) is 8.42 Å². The summed E-state index contributed by atoms with van der Waals surface area (Å²) in [7, 11) is -1.48. The van der Waals surface area contributed by atoms with Gasteiger partial charge in [-0.05, 0) is 38.6 Å². The number of nitrogens with zero attached hydrogens (tertiary/aromatic N) is 2. The second kappa shape index (κ2) is 6.00. The van der Waals surface area contributed by atoms with E-state index in [1.807, 2.05) is 14.0 Å². The van der Waals surface area contributed by atoms with E-state index in [1.54, 1.807) is 29.4 Å². The van der Waals surface area contributed by atoms with E-state index >= 15 is 0 Å². The molecule has 1 aromatic rings. The Morgan fingerprint density at radius 1 is 1.38 bits per heavy atom. The third-order valence-corrected chi connectivity index (χ3v) is 6.23. The van der Waals surface area contributed by atoms with E-state index in [-0.39, 0.29) is 11.0 Å². The normalized spacial score (nSPS) is 21.4. The standard InChI is InChI=1S/C14H21N3O2S2/c1-10-8-12(14(15)20)4-5-13(10)21(18,19)17-7-6-16(3)9-11(17)2/h4-5,8,11H,6-7,9H2,1-3H3,(H2,15,20). The molecule has 21 heavy (non-hydrogen) atoms. The van der Waals surface area contributed by atoms with E-state index in [1.165, 1.54) is 0 Å². The van der Waals surface area contributed by atoms with Crippen molar-refractivity contribution in [3.05, 3.63) is 29.3 Å². The average Bonchev–Trinajstić information content (AvgIpc) is 2.37. The van der Waals surface area contributed by atoms with Gasteiger partial charge in [-0.1, -0.05) is 18.3 Å². The lowest BCUT2D eigenvalue weighted by Crippen LogP contribution is -2.52. The highest BCUT2D eigenvalue weighted by Crippen LogP contribution is 2.24. The zero-order chi connectivity index (χ0) is 15.8. The van der Waals surface area contributed by atoms with E-state index in [2.05, 4.69) is 4.90 Å². The van der Waals surface area contributed by atoms with Crippen LogP contribution in [0.2, 0.25) is 0 Å². The molecule has 2 rings (SSSR count). The number of hydrogen-bond donors (Lipinski definition) is 1. The van der Waals surface area contributed by atoms with Crippen molar-refractivity contribution in [2.24, 2.45) is 5.73 Å².